The number of allylic oxidation sites excluding steroid dienone is 1. The Morgan fingerprint density at radius 3 is 2.31 bits per heavy atom. The van der Waals surface area contributed by atoms with Gasteiger partial charge in [0.05, 0.1) is 0 Å². The van der Waals surface area contributed by atoms with E-state index in [1.807, 2.05) is 0 Å². The smallest absolute Gasteiger partial charge is 0.00143 e. The fourth-order valence-corrected chi connectivity index (χ4v) is 2.62. The van der Waals surface area contributed by atoms with Crippen LogP contribution >= 0.6 is 0 Å². The van der Waals surface area contributed by atoms with Crippen LogP contribution < -0.4 is 0 Å². The largest absolute Gasteiger partial charge is 0.0683 e. The van der Waals surface area contributed by atoms with Gasteiger partial charge in [0, 0.05) is 0 Å². The van der Waals surface area contributed by atoms with Gasteiger partial charge in [0.2, 0.25) is 0 Å². The molecule has 0 spiro atoms. The third kappa shape index (κ3) is 0.810. The van der Waals surface area contributed by atoms with Crippen molar-refractivity contribution in [2.24, 2.45) is 0 Å². The summed E-state index contributed by atoms with van der Waals surface area (Å²) in [6.45, 7) is 6.80. The highest BCUT2D eigenvalue weighted by Gasteiger charge is 2.28. The molecule has 1 aromatic carbocycles. The summed E-state index contributed by atoms with van der Waals surface area (Å²) in [6.07, 6.45) is 4.82. The van der Waals surface area contributed by atoms with E-state index in [0.29, 0.717) is 0 Å². The van der Waals surface area contributed by atoms with Gasteiger partial charge in [-0.05, 0) is 67.0 Å². The van der Waals surface area contributed by atoms with E-state index in [-0.39, 0.29) is 0 Å². The summed E-state index contributed by atoms with van der Waals surface area (Å²) >= 11 is 0. The van der Waals surface area contributed by atoms with Crippen LogP contribution in [-0.4, -0.2) is 0 Å². The quantitative estimate of drug-likeness (QED) is 0.569. The molecule has 2 aliphatic rings. The fourth-order valence-electron chi connectivity index (χ4n) is 2.62. The van der Waals surface area contributed by atoms with Gasteiger partial charge in [0.1, 0.15) is 0 Å². The highest BCUT2D eigenvalue weighted by atomic mass is 14.3. The molecule has 1 aromatic rings. The number of fused-ring (bicyclic) bond motifs is 2. The summed E-state index contributed by atoms with van der Waals surface area (Å²) in [4.78, 5) is 0. The molecule has 3 rings (SSSR count). The predicted octanol–water partition coefficient (Wildman–Crippen LogP) is 3.17. The number of hydrogen-bond donors (Lipinski definition) is 0. The summed E-state index contributed by atoms with van der Waals surface area (Å²) in [5.41, 5.74) is 11.0. The molecule has 0 amide bonds. The maximum absolute atomic E-state index is 2.37. The van der Waals surface area contributed by atoms with Crippen LogP contribution in [0.2, 0.25) is 0 Å². The Hall–Kier alpha value is -1.04. The Kier molecular flexibility index (Phi) is 1.17. The highest BCUT2D eigenvalue weighted by molar-refractivity contribution is 5.74. The van der Waals surface area contributed by atoms with Crippen molar-refractivity contribution in [1.29, 1.82) is 0 Å². The van der Waals surface area contributed by atoms with Crippen molar-refractivity contribution in [1.82, 2.24) is 0 Å². The maximum Gasteiger partial charge on any atom is -0.00143 e. The summed E-state index contributed by atoms with van der Waals surface area (Å²) in [7, 11) is 0. The van der Waals surface area contributed by atoms with Crippen LogP contribution in [0, 0.1) is 13.8 Å². The molecule has 2 aliphatic carbocycles. The molecule has 0 saturated heterocycles. The number of benzene rings is 1. The molecule has 0 aromatic heterocycles. The van der Waals surface area contributed by atoms with Gasteiger partial charge in [-0.15, -0.1) is 0 Å². The summed E-state index contributed by atoms with van der Waals surface area (Å²) in [5.74, 6) is 0. The number of rotatable bonds is 0. The van der Waals surface area contributed by atoms with Crippen molar-refractivity contribution in [3.05, 3.63) is 39.0 Å². The van der Waals surface area contributed by atoms with Gasteiger partial charge in [0.25, 0.3) is 0 Å². The van der Waals surface area contributed by atoms with Gasteiger partial charge < -0.3 is 0 Å². The SMILES string of the molecule is CC1=Cc2c(C)c3c(c(C)c2C1)C3. The third-order valence-electron chi connectivity index (χ3n) is 3.53. The molecule has 0 heterocycles. The molecule has 0 aliphatic heterocycles. The van der Waals surface area contributed by atoms with Crippen molar-refractivity contribution in [3.63, 3.8) is 0 Å². The molecule has 0 fully saturated rings. The minimum absolute atomic E-state index is 1.19. The van der Waals surface area contributed by atoms with E-state index in [0.717, 1.165) is 0 Å². The Balaban J connectivity index is 2.35. The first-order valence-corrected chi connectivity index (χ1v) is 4.99. The second-order valence-corrected chi connectivity index (χ2v) is 4.44. The molecular formula is C13H14. The Labute approximate surface area is 79.3 Å². The topological polar surface area (TPSA) is 0 Å². The van der Waals surface area contributed by atoms with Crippen LogP contribution in [0.15, 0.2) is 5.57 Å². The molecule has 0 unspecified atom stereocenters. The van der Waals surface area contributed by atoms with E-state index in [2.05, 4.69) is 26.8 Å². The summed E-state index contributed by atoms with van der Waals surface area (Å²) in [6, 6.07) is 0. The normalized spacial score (nSPS) is 16.7. The van der Waals surface area contributed by atoms with Gasteiger partial charge in [-0.3, -0.25) is 0 Å². The maximum atomic E-state index is 2.37. The Morgan fingerprint density at radius 2 is 1.54 bits per heavy atom. The highest BCUT2D eigenvalue weighted by Crippen LogP contribution is 2.42. The molecule has 0 bridgehead atoms. The third-order valence-corrected chi connectivity index (χ3v) is 3.53. The molecule has 0 heteroatoms. The van der Waals surface area contributed by atoms with E-state index >= 15 is 0 Å². The molecule has 0 atom stereocenters. The molecule has 0 N–H and O–H groups in total. The van der Waals surface area contributed by atoms with Crippen molar-refractivity contribution in [2.45, 2.75) is 33.6 Å². The van der Waals surface area contributed by atoms with Crippen molar-refractivity contribution < 1.29 is 0 Å². The lowest BCUT2D eigenvalue weighted by molar-refractivity contribution is 1.15. The Bertz CT molecular complexity index is 448. The standard InChI is InChI=1S/C13H14/c1-7-4-10-8(2)12-6-13(12)9(3)11(10)5-7/h4H,5-6H2,1-3H3. The first-order valence-electron chi connectivity index (χ1n) is 4.99. The molecule has 13 heavy (non-hydrogen) atoms. The zero-order chi connectivity index (χ0) is 9.16. The lowest BCUT2D eigenvalue weighted by atomic mass is 9.99. The van der Waals surface area contributed by atoms with Crippen LogP contribution in [0.3, 0.4) is 0 Å². The average Bonchev–Trinajstić information content (AvgIpc) is 2.79. The first-order chi connectivity index (χ1) is 6.18. The molecule has 66 valence electrons. The predicted molar refractivity (Wildman–Crippen MR) is 56.1 cm³/mol. The molecule has 0 nitrogen and oxygen atoms in total. The van der Waals surface area contributed by atoms with Crippen molar-refractivity contribution in [3.8, 4) is 0 Å². The van der Waals surface area contributed by atoms with Crippen molar-refractivity contribution in [2.75, 3.05) is 0 Å². The van der Waals surface area contributed by atoms with E-state index in [9.17, 15) is 0 Å². The van der Waals surface area contributed by atoms with E-state index in [4.69, 9.17) is 0 Å². The average molecular weight is 170 g/mol. The van der Waals surface area contributed by atoms with Gasteiger partial charge in [-0.2, -0.15) is 0 Å². The lowest BCUT2D eigenvalue weighted by Crippen LogP contribution is -1.90. The van der Waals surface area contributed by atoms with Crippen LogP contribution in [0.4, 0.5) is 0 Å². The minimum Gasteiger partial charge on any atom is -0.0683 e. The lowest BCUT2D eigenvalue weighted by Gasteiger charge is -2.05. The summed E-state index contributed by atoms with van der Waals surface area (Å²) in [5, 5.41) is 0. The van der Waals surface area contributed by atoms with Crippen LogP contribution in [0.1, 0.15) is 40.3 Å². The molecule has 0 radical (unpaired) electrons. The molecule has 0 saturated carbocycles. The second kappa shape index (κ2) is 2.06. The van der Waals surface area contributed by atoms with Gasteiger partial charge in [-0.1, -0.05) is 11.6 Å². The summed E-state index contributed by atoms with van der Waals surface area (Å²) < 4.78 is 0. The fraction of sp³-hybridized carbons (Fsp3) is 0.385. The van der Waals surface area contributed by atoms with Gasteiger partial charge in [0.15, 0.2) is 0 Å². The monoisotopic (exact) mass is 170 g/mol. The van der Waals surface area contributed by atoms with E-state index in [1.54, 1.807) is 27.8 Å². The molecular weight excluding hydrogens is 156 g/mol. The number of hydrogen-bond acceptors (Lipinski definition) is 0. The zero-order valence-electron chi connectivity index (χ0n) is 8.49. The van der Waals surface area contributed by atoms with Crippen LogP contribution in [0.5, 0.6) is 0 Å². The van der Waals surface area contributed by atoms with Crippen LogP contribution in [-0.2, 0) is 12.8 Å². The second-order valence-electron chi connectivity index (χ2n) is 4.44. The van der Waals surface area contributed by atoms with Gasteiger partial charge in [-0.25, -0.2) is 0 Å². The van der Waals surface area contributed by atoms with Gasteiger partial charge >= 0.3 is 0 Å². The van der Waals surface area contributed by atoms with E-state index < -0.39 is 0 Å². The first kappa shape index (κ1) is 7.37. The van der Waals surface area contributed by atoms with Crippen LogP contribution in [0.25, 0.3) is 6.08 Å². The Morgan fingerprint density at radius 1 is 0.846 bits per heavy atom. The minimum atomic E-state index is 1.19. The van der Waals surface area contributed by atoms with Crippen molar-refractivity contribution >= 4 is 6.08 Å². The zero-order valence-corrected chi connectivity index (χ0v) is 8.49. The van der Waals surface area contributed by atoms with E-state index in [1.165, 1.54) is 24.0 Å².